The Morgan fingerprint density at radius 3 is 2.95 bits per heavy atom. The van der Waals surface area contributed by atoms with E-state index < -0.39 is 0 Å². The maximum atomic E-state index is 6.07. The van der Waals surface area contributed by atoms with Crippen LogP contribution < -0.4 is 5.32 Å². The average molecular weight is 279 g/mol. The lowest BCUT2D eigenvalue weighted by Gasteiger charge is -2.43. The molecule has 2 fully saturated rings. The predicted molar refractivity (Wildman–Crippen MR) is 76.8 cm³/mol. The third-order valence-electron chi connectivity index (χ3n) is 4.51. The fraction of sp³-hybridized carbons (Fsp3) is 0.750. The van der Waals surface area contributed by atoms with Crippen LogP contribution in [0.4, 0.5) is 0 Å². The van der Waals surface area contributed by atoms with Gasteiger partial charge in [0.2, 0.25) is 0 Å². The first-order chi connectivity index (χ1) is 9.86. The summed E-state index contributed by atoms with van der Waals surface area (Å²) in [6, 6.07) is 4.60. The number of furan rings is 1. The van der Waals surface area contributed by atoms with Crippen LogP contribution in [0, 0.1) is 0 Å². The minimum atomic E-state index is 0.0924. The molecule has 0 aromatic carbocycles. The Bertz CT molecular complexity index is 379. The molecule has 2 aliphatic rings. The first-order valence-electron chi connectivity index (χ1n) is 7.84. The molecule has 3 heterocycles. The van der Waals surface area contributed by atoms with Crippen molar-refractivity contribution in [3.05, 3.63) is 24.2 Å². The van der Waals surface area contributed by atoms with Gasteiger partial charge < -0.3 is 19.2 Å². The molecule has 1 N–H and O–H groups in total. The van der Waals surface area contributed by atoms with Crippen molar-refractivity contribution in [2.24, 2.45) is 0 Å². The standard InChI is InChI=1S/C16H25NO3/c1(3-15-4-2-9-19-15)8-17-14-5-10-20-16(13-14)6-11-18-12-7-16/h2,4,9,14,17H,1,3,5-8,10-13H2/t14-/m0/s1. The van der Waals surface area contributed by atoms with Crippen molar-refractivity contribution in [2.45, 2.75) is 50.2 Å². The van der Waals surface area contributed by atoms with Crippen LogP contribution in [0.2, 0.25) is 0 Å². The van der Waals surface area contributed by atoms with Gasteiger partial charge in [0.15, 0.2) is 0 Å². The summed E-state index contributed by atoms with van der Waals surface area (Å²) in [6.45, 7) is 3.64. The van der Waals surface area contributed by atoms with Crippen molar-refractivity contribution in [1.29, 1.82) is 0 Å². The lowest BCUT2D eigenvalue weighted by molar-refractivity contribution is -0.140. The molecule has 1 atom stereocenters. The Morgan fingerprint density at radius 1 is 1.25 bits per heavy atom. The molecule has 0 radical (unpaired) electrons. The van der Waals surface area contributed by atoms with Crippen LogP contribution >= 0.6 is 0 Å². The Balaban J connectivity index is 1.39. The second-order valence-electron chi connectivity index (χ2n) is 5.97. The van der Waals surface area contributed by atoms with Crippen molar-refractivity contribution in [3.63, 3.8) is 0 Å². The van der Waals surface area contributed by atoms with E-state index in [4.69, 9.17) is 13.9 Å². The monoisotopic (exact) mass is 279 g/mol. The van der Waals surface area contributed by atoms with Crippen molar-refractivity contribution >= 4 is 0 Å². The van der Waals surface area contributed by atoms with Crippen molar-refractivity contribution in [1.82, 2.24) is 5.32 Å². The molecule has 1 aromatic heterocycles. The molecule has 0 bridgehead atoms. The molecule has 20 heavy (non-hydrogen) atoms. The van der Waals surface area contributed by atoms with Gasteiger partial charge in [0.1, 0.15) is 5.76 Å². The first kappa shape index (κ1) is 14.1. The zero-order chi connectivity index (χ0) is 13.7. The highest BCUT2D eigenvalue weighted by atomic mass is 16.5. The van der Waals surface area contributed by atoms with E-state index in [1.807, 2.05) is 12.1 Å². The Labute approximate surface area is 120 Å². The smallest absolute Gasteiger partial charge is 0.103 e. The molecular weight excluding hydrogens is 254 g/mol. The average Bonchev–Trinajstić information content (AvgIpc) is 2.98. The van der Waals surface area contributed by atoms with Gasteiger partial charge in [-0.05, 0) is 50.8 Å². The number of ether oxygens (including phenoxy) is 2. The van der Waals surface area contributed by atoms with Crippen molar-refractivity contribution < 1.29 is 13.9 Å². The number of hydrogen-bond donors (Lipinski definition) is 1. The lowest BCUT2D eigenvalue weighted by Crippen LogP contribution is -2.50. The molecule has 0 amide bonds. The summed E-state index contributed by atoms with van der Waals surface area (Å²) in [7, 11) is 0. The molecule has 112 valence electrons. The van der Waals surface area contributed by atoms with Crippen LogP contribution in [0.25, 0.3) is 0 Å². The summed E-state index contributed by atoms with van der Waals surface area (Å²) in [4.78, 5) is 0. The van der Waals surface area contributed by atoms with Gasteiger partial charge in [-0.2, -0.15) is 0 Å². The van der Waals surface area contributed by atoms with E-state index in [0.717, 1.165) is 70.7 Å². The Hall–Kier alpha value is -0.840. The predicted octanol–water partition coefficient (Wildman–Crippen LogP) is 2.53. The number of hydrogen-bond acceptors (Lipinski definition) is 4. The van der Waals surface area contributed by atoms with Gasteiger partial charge in [-0.15, -0.1) is 0 Å². The molecule has 2 aliphatic heterocycles. The molecule has 0 unspecified atom stereocenters. The second-order valence-corrected chi connectivity index (χ2v) is 5.97. The van der Waals surface area contributed by atoms with Gasteiger partial charge in [-0.3, -0.25) is 0 Å². The highest BCUT2D eigenvalue weighted by Crippen LogP contribution is 2.34. The van der Waals surface area contributed by atoms with Crippen LogP contribution in [0.3, 0.4) is 0 Å². The van der Waals surface area contributed by atoms with Crippen LogP contribution in [-0.4, -0.2) is 38.0 Å². The third-order valence-corrected chi connectivity index (χ3v) is 4.51. The van der Waals surface area contributed by atoms with Crippen LogP contribution in [0.15, 0.2) is 22.8 Å². The maximum absolute atomic E-state index is 6.07. The summed E-state index contributed by atoms with van der Waals surface area (Å²) in [5, 5.41) is 3.69. The van der Waals surface area contributed by atoms with E-state index in [-0.39, 0.29) is 5.60 Å². The van der Waals surface area contributed by atoms with Crippen LogP contribution in [0.5, 0.6) is 0 Å². The molecule has 1 aromatic rings. The van der Waals surface area contributed by atoms with Gasteiger partial charge in [0.05, 0.1) is 11.9 Å². The van der Waals surface area contributed by atoms with E-state index in [1.165, 1.54) is 0 Å². The molecule has 0 aliphatic carbocycles. The molecule has 4 nitrogen and oxygen atoms in total. The quantitative estimate of drug-likeness (QED) is 0.841. The molecule has 0 saturated carbocycles. The highest BCUT2D eigenvalue weighted by Gasteiger charge is 2.38. The van der Waals surface area contributed by atoms with E-state index in [0.29, 0.717) is 6.04 Å². The zero-order valence-electron chi connectivity index (χ0n) is 12.1. The summed E-state index contributed by atoms with van der Waals surface area (Å²) in [6.07, 6.45) is 8.26. The summed E-state index contributed by atoms with van der Waals surface area (Å²) >= 11 is 0. The Kier molecular flexibility index (Phi) is 4.76. The van der Waals surface area contributed by atoms with Gasteiger partial charge >= 0.3 is 0 Å². The van der Waals surface area contributed by atoms with Gasteiger partial charge in [-0.25, -0.2) is 0 Å². The van der Waals surface area contributed by atoms with Gasteiger partial charge in [0, 0.05) is 32.3 Å². The summed E-state index contributed by atoms with van der Waals surface area (Å²) in [5.74, 6) is 1.08. The number of rotatable bonds is 5. The minimum absolute atomic E-state index is 0.0924. The van der Waals surface area contributed by atoms with Crippen LogP contribution in [0.1, 0.15) is 37.9 Å². The SMILES string of the molecule is c1coc(CCCN[C@H]2CCOC3(CCOCC3)C2)c1. The Morgan fingerprint density at radius 2 is 2.15 bits per heavy atom. The van der Waals surface area contributed by atoms with Crippen molar-refractivity contribution in [2.75, 3.05) is 26.4 Å². The van der Waals surface area contributed by atoms with E-state index >= 15 is 0 Å². The van der Waals surface area contributed by atoms with E-state index in [2.05, 4.69) is 5.32 Å². The molecular formula is C16H25NO3. The van der Waals surface area contributed by atoms with E-state index in [9.17, 15) is 0 Å². The summed E-state index contributed by atoms with van der Waals surface area (Å²) in [5.41, 5.74) is 0.0924. The summed E-state index contributed by atoms with van der Waals surface area (Å²) < 4.78 is 16.9. The van der Waals surface area contributed by atoms with Crippen molar-refractivity contribution in [3.8, 4) is 0 Å². The topological polar surface area (TPSA) is 43.6 Å². The fourth-order valence-electron chi connectivity index (χ4n) is 3.32. The fourth-order valence-corrected chi connectivity index (χ4v) is 3.32. The highest BCUT2D eigenvalue weighted by molar-refractivity contribution is 4.98. The normalized spacial score (nSPS) is 25.9. The first-order valence-corrected chi connectivity index (χ1v) is 7.84. The van der Waals surface area contributed by atoms with Gasteiger partial charge in [-0.1, -0.05) is 0 Å². The molecule has 3 rings (SSSR count). The van der Waals surface area contributed by atoms with E-state index in [1.54, 1.807) is 6.26 Å². The van der Waals surface area contributed by atoms with Crippen LogP contribution in [-0.2, 0) is 15.9 Å². The van der Waals surface area contributed by atoms with Gasteiger partial charge in [0.25, 0.3) is 0 Å². The molecule has 1 spiro atoms. The minimum Gasteiger partial charge on any atom is -0.469 e. The number of nitrogens with one attached hydrogen (secondary N) is 1. The largest absolute Gasteiger partial charge is 0.469 e. The lowest BCUT2D eigenvalue weighted by atomic mass is 9.84. The zero-order valence-corrected chi connectivity index (χ0v) is 12.1. The third kappa shape index (κ3) is 3.62. The maximum Gasteiger partial charge on any atom is 0.103 e. The number of aryl methyl sites for hydroxylation is 1. The second kappa shape index (κ2) is 6.74. The molecule has 4 heteroatoms. The molecule has 2 saturated heterocycles.